The van der Waals surface area contributed by atoms with E-state index in [0.717, 1.165) is 32.7 Å². The second-order valence-corrected chi connectivity index (χ2v) is 7.25. The summed E-state index contributed by atoms with van der Waals surface area (Å²) in [5, 5.41) is 9.48. The van der Waals surface area contributed by atoms with Gasteiger partial charge >= 0.3 is 0 Å². The maximum absolute atomic E-state index is 12.7. The summed E-state index contributed by atoms with van der Waals surface area (Å²) in [6, 6.07) is 12.4. The van der Waals surface area contributed by atoms with Gasteiger partial charge in [0, 0.05) is 72.0 Å². The fraction of sp³-hybridized carbons (Fsp3) is 0.476. The molecular formula is C21H27N5O2. The van der Waals surface area contributed by atoms with Crippen LogP contribution in [0.5, 0.6) is 0 Å². The van der Waals surface area contributed by atoms with E-state index in [1.807, 2.05) is 6.07 Å². The molecule has 2 amide bonds. The third kappa shape index (κ3) is 5.11. The third-order valence-electron chi connectivity index (χ3n) is 5.33. The van der Waals surface area contributed by atoms with Crippen LogP contribution in [-0.2, 0) is 16.1 Å². The SMILES string of the molecule is CC(=O)N1CCN(C(=O)/C(C#N)=C\N2CCN(Cc3ccccc3)CC2)CC1. The Morgan fingerprint density at radius 3 is 2.14 bits per heavy atom. The Bertz CT molecular complexity index is 755. The van der Waals surface area contributed by atoms with Gasteiger partial charge in [0.1, 0.15) is 11.6 Å². The highest BCUT2D eigenvalue weighted by atomic mass is 16.2. The molecule has 0 aliphatic carbocycles. The molecule has 2 aliphatic rings. The van der Waals surface area contributed by atoms with Gasteiger partial charge < -0.3 is 14.7 Å². The minimum atomic E-state index is -0.239. The molecule has 1 aromatic carbocycles. The van der Waals surface area contributed by atoms with E-state index >= 15 is 0 Å². The number of carbonyl (C=O) groups excluding carboxylic acids is 2. The number of carbonyl (C=O) groups is 2. The van der Waals surface area contributed by atoms with Crippen molar-refractivity contribution in [2.45, 2.75) is 13.5 Å². The summed E-state index contributed by atoms with van der Waals surface area (Å²) in [7, 11) is 0. The van der Waals surface area contributed by atoms with E-state index in [0.29, 0.717) is 26.2 Å². The number of nitriles is 1. The Morgan fingerprint density at radius 1 is 0.964 bits per heavy atom. The molecule has 148 valence electrons. The summed E-state index contributed by atoms with van der Waals surface area (Å²) in [5.41, 5.74) is 1.47. The van der Waals surface area contributed by atoms with Crippen LogP contribution in [0.15, 0.2) is 42.1 Å². The molecule has 28 heavy (non-hydrogen) atoms. The number of hydrogen-bond acceptors (Lipinski definition) is 5. The zero-order valence-electron chi connectivity index (χ0n) is 16.4. The molecule has 2 heterocycles. The lowest BCUT2D eigenvalue weighted by Crippen LogP contribution is -2.50. The van der Waals surface area contributed by atoms with Gasteiger partial charge in [-0.25, -0.2) is 0 Å². The summed E-state index contributed by atoms with van der Waals surface area (Å²) in [4.78, 5) is 31.9. The van der Waals surface area contributed by atoms with Crippen LogP contribution in [-0.4, -0.2) is 83.8 Å². The normalized spacial score (nSPS) is 18.7. The molecule has 0 saturated carbocycles. The first kappa shape index (κ1) is 19.9. The number of rotatable bonds is 4. The zero-order valence-corrected chi connectivity index (χ0v) is 16.4. The van der Waals surface area contributed by atoms with Gasteiger partial charge in [0.2, 0.25) is 5.91 Å². The Balaban J connectivity index is 1.52. The van der Waals surface area contributed by atoms with Crippen molar-refractivity contribution < 1.29 is 9.59 Å². The van der Waals surface area contributed by atoms with Gasteiger partial charge in [0.25, 0.3) is 5.91 Å². The minimum Gasteiger partial charge on any atom is -0.374 e. The van der Waals surface area contributed by atoms with Crippen molar-refractivity contribution in [1.29, 1.82) is 5.26 Å². The highest BCUT2D eigenvalue weighted by Crippen LogP contribution is 2.12. The topological polar surface area (TPSA) is 70.9 Å². The van der Waals surface area contributed by atoms with E-state index in [2.05, 4.69) is 40.1 Å². The van der Waals surface area contributed by atoms with Crippen molar-refractivity contribution in [2.24, 2.45) is 0 Å². The minimum absolute atomic E-state index is 0.0246. The molecule has 0 unspecified atom stereocenters. The smallest absolute Gasteiger partial charge is 0.266 e. The van der Waals surface area contributed by atoms with Crippen molar-refractivity contribution in [3.05, 3.63) is 47.7 Å². The van der Waals surface area contributed by atoms with Crippen LogP contribution >= 0.6 is 0 Å². The van der Waals surface area contributed by atoms with Crippen LogP contribution in [0.25, 0.3) is 0 Å². The van der Waals surface area contributed by atoms with Gasteiger partial charge in [-0.05, 0) is 5.56 Å². The van der Waals surface area contributed by atoms with Crippen molar-refractivity contribution in [3.63, 3.8) is 0 Å². The van der Waals surface area contributed by atoms with Gasteiger partial charge in [-0.15, -0.1) is 0 Å². The molecule has 0 aromatic heterocycles. The first-order chi connectivity index (χ1) is 13.6. The van der Waals surface area contributed by atoms with E-state index < -0.39 is 0 Å². The largest absolute Gasteiger partial charge is 0.374 e. The second kappa shape index (κ2) is 9.38. The summed E-state index contributed by atoms with van der Waals surface area (Å²) in [6.45, 7) is 7.84. The van der Waals surface area contributed by atoms with E-state index in [-0.39, 0.29) is 17.4 Å². The van der Waals surface area contributed by atoms with Gasteiger partial charge in [0.05, 0.1) is 0 Å². The Labute approximate surface area is 166 Å². The van der Waals surface area contributed by atoms with Crippen LogP contribution in [0.1, 0.15) is 12.5 Å². The average molecular weight is 381 g/mol. The number of benzene rings is 1. The van der Waals surface area contributed by atoms with Crippen LogP contribution in [0.4, 0.5) is 0 Å². The molecule has 1 aromatic rings. The average Bonchev–Trinajstić information content (AvgIpc) is 2.73. The second-order valence-electron chi connectivity index (χ2n) is 7.25. The quantitative estimate of drug-likeness (QED) is 0.573. The van der Waals surface area contributed by atoms with Crippen LogP contribution < -0.4 is 0 Å². The maximum atomic E-state index is 12.7. The molecule has 0 bridgehead atoms. The van der Waals surface area contributed by atoms with Crippen LogP contribution in [0.2, 0.25) is 0 Å². The molecule has 0 atom stereocenters. The molecule has 7 heteroatoms. The van der Waals surface area contributed by atoms with E-state index in [9.17, 15) is 14.9 Å². The fourth-order valence-electron chi connectivity index (χ4n) is 3.60. The van der Waals surface area contributed by atoms with E-state index in [1.165, 1.54) is 12.5 Å². The van der Waals surface area contributed by atoms with Crippen LogP contribution in [0.3, 0.4) is 0 Å². The first-order valence-electron chi connectivity index (χ1n) is 9.74. The standard InChI is InChI=1S/C21H27N5O2/c1-18(27)25-11-13-26(14-12-25)21(28)20(15-22)17-24-9-7-23(8-10-24)16-19-5-3-2-4-6-19/h2-6,17H,7-14,16H2,1H3/b20-17-. The van der Waals surface area contributed by atoms with Crippen molar-refractivity contribution in [1.82, 2.24) is 19.6 Å². The van der Waals surface area contributed by atoms with Crippen molar-refractivity contribution in [3.8, 4) is 6.07 Å². The Hall–Kier alpha value is -2.85. The first-order valence-corrected chi connectivity index (χ1v) is 9.74. The summed E-state index contributed by atoms with van der Waals surface area (Å²) in [6.07, 6.45) is 1.71. The van der Waals surface area contributed by atoms with E-state index in [4.69, 9.17) is 0 Å². The fourth-order valence-corrected chi connectivity index (χ4v) is 3.60. The molecule has 0 N–H and O–H groups in total. The Kier molecular flexibility index (Phi) is 6.66. The molecule has 2 saturated heterocycles. The van der Waals surface area contributed by atoms with Crippen molar-refractivity contribution >= 4 is 11.8 Å². The molecular weight excluding hydrogens is 354 g/mol. The summed E-state index contributed by atoms with van der Waals surface area (Å²) in [5.74, 6) is -0.214. The number of piperazine rings is 2. The van der Waals surface area contributed by atoms with Gasteiger partial charge in [-0.3, -0.25) is 14.5 Å². The number of amides is 2. The lowest BCUT2D eigenvalue weighted by molar-refractivity contribution is -0.136. The maximum Gasteiger partial charge on any atom is 0.266 e. The van der Waals surface area contributed by atoms with E-state index in [1.54, 1.807) is 16.0 Å². The zero-order chi connectivity index (χ0) is 19.9. The Morgan fingerprint density at radius 2 is 1.57 bits per heavy atom. The highest BCUT2D eigenvalue weighted by molar-refractivity contribution is 5.97. The molecule has 0 spiro atoms. The molecule has 2 aliphatic heterocycles. The van der Waals surface area contributed by atoms with Crippen molar-refractivity contribution in [2.75, 3.05) is 52.4 Å². The lowest BCUT2D eigenvalue weighted by atomic mass is 10.2. The molecule has 0 radical (unpaired) electrons. The highest BCUT2D eigenvalue weighted by Gasteiger charge is 2.25. The number of hydrogen-bond donors (Lipinski definition) is 0. The lowest BCUT2D eigenvalue weighted by Gasteiger charge is -2.35. The van der Waals surface area contributed by atoms with Gasteiger partial charge in [0.15, 0.2) is 0 Å². The van der Waals surface area contributed by atoms with Gasteiger partial charge in [-0.2, -0.15) is 5.26 Å². The predicted molar refractivity (Wildman–Crippen MR) is 106 cm³/mol. The summed E-state index contributed by atoms with van der Waals surface area (Å²) < 4.78 is 0. The predicted octanol–water partition coefficient (Wildman–Crippen LogP) is 0.902. The molecule has 7 nitrogen and oxygen atoms in total. The monoisotopic (exact) mass is 381 g/mol. The van der Waals surface area contributed by atoms with Gasteiger partial charge in [-0.1, -0.05) is 30.3 Å². The number of nitrogens with zero attached hydrogens (tertiary/aromatic N) is 5. The summed E-state index contributed by atoms with van der Waals surface area (Å²) >= 11 is 0. The molecule has 2 fully saturated rings. The molecule has 3 rings (SSSR count). The van der Waals surface area contributed by atoms with Crippen LogP contribution in [0, 0.1) is 11.3 Å². The third-order valence-corrected chi connectivity index (χ3v) is 5.33.